The van der Waals surface area contributed by atoms with Crippen LogP contribution in [0.3, 0.4) is 0 Å². The Balaban J connectivity index is 1.42. The molecule has 0 aromatic heterocycles. The summed E-state index contributed by atoms with van der Waals surface area (Å²) in [7, 11) is 0. The molecule has 0 atom stereocenters. The maximum atomic E-state index is 13.6. The second-order valence-corrected chi connectivity index (χ2v) is 9.97. The zero-order valence-electron chi connectivity index (χ0n) is 23.9. The molecule has 0 heterocycles. The Hall–Kier alpha value is -5.76. The maximum absolute atomic E-state index is 13.6. The molecule has 44 heavy (non-hydrogen) atoms. The summed E-state index contributed by atoms with van der Waals surface area (Å²) in [4.78, 5) is 26.3. The third kappa shape index (κ3) is 8.62. The van der Waals surface area contributed by atoms with Crippen LogP contribution < -0.4 is 25.1 Å². The average Bonchev–Trinajstić information content (AvgIpc) is 3.05. The predicted octanol–water partition coefficient (Wildman–Crippen LogP) is 6.13. The van der Waals surface area contributed by atoms with Gasteiger partial charge in [0, 0.05) is 12.1 Å². The Morgan fingerprint density at radius 3 is 1.52 bits per heavy atom. The van der Waals surface area contributed by atoms with Crippen molar-refractivity contribution >= 4 is 11.8 Å². The van der Waals surface area contributed by atoms with Gasteiger partial charge in [-0.15, -0.1) is 0 Å². The fraction of sp³-hybridized carbons (Fsp3) is 0.111. The highest BCUT2D eigenvalue weighted by Crippen LogP contribution is 2.36. The summed E-state index contributed by atoms with van der Waals surface area (Å²) in [5, 5.41) is 9.71. The van der Waals surface area contributed by atoms with Crippen molar-refractivity contribution in [2.45, 2.75) is 26.2 Å². The van der Waals surface area contributed by atoms with Gasteiger partial charge in [0.25, 0.3) is 5.91 Å². The first kappa shape index (κ1) is 29.7. The number of carbonyl (C=O) groups excluding carboxylic acids is 2. The third-order valence-corrected chi connectivity index (χ3v) is 6.58. The smallest absolute Gasteiger partial charge is 0.277 e. The van der Waals surface area contributed by atoms with E-state index in [2.05, 4.69) is 10.9 Å². The SMILES string of the molecule is O=C(Cc1cccc(O)c1)NNC(=O)c1c(OCc2ccccc2)cc(OCc2ccccc2)cc1OCc1ccccc1. The van der Waals surface area contributed by atoms with Crippen molar-refractivity contribution in [1.29, 1.82) is 0 Å². The van der Waals surface area contributed by atoms with Crippen LogP contribution in [0.1, 0.15) is 32.6 Å². The average molecular weight is 589 g/mol. The number of aromatic hydroxyl groups is 1. The number of phenolic OH excluding ortho intramolecular Hbond substituents is 1. The Labute approximate surface area is 255 Å². The summed E-state index contributed by atoms with van der Waals surface area (Å²) in [5.74, 6) is -0.150. The van der Waals surface area contributed by atoms with Gasteiger partial charge in [0.2, 0.25) is 5.91 Å². The van der Waals surface area contributed by atoms with E-state index in [9.17, 15) is 14.7 Å². The van der Waals surface area contributed by atoms with Crippen LogP contribution in [0.5, 0.6) is 23.0 Å². The van der Waals surface area contributed by atoms with E-state index in [-0.39, 0.29) is 42.4 Å². The third-order valence-electron chi connectivity index (χ3n) is 6.58. The topological polar surface area (TPSA) is 106 Å². The Morgan fingerprint density at radius 1 is 0.545 bits per heavy atom. The fourth-order valence-corrected chi connectivity index (χ4v) is 4.40. The highest BCUT2D eigenvalue weighted by atomic mass is 16.5. The first-order valence-electron chi connectivity index (χ1n) is 14.1. The molecule has 0 radical (unpaired) electrons. The number of hydrogen-bond acceptors (Lipinski definition) is 6. The van der Waals surface area contributed by atoms with E-state index in [0.717, 1.165) is 16.7 Å². The van der Waals surface area contributed by atoms with Gasteiger partial charge in [-0.25, -0.2) is 0 Å². The van der Waals surface area contributed by atoms with E-state index in [4.69, 9.17) is 14.2 Å². The molecule has 0 aliphatic rings. The van der Waals surface area contributed by atoms with Gasteiger partial charge in [-0.1, -0.05) is 103 Å². The van der Waals surface area contributed by atoms with E-state index in [1.54, 1.807) is 24.3 Å². The van der Waals surface area contributed by atoms with Gasteiger partial charge in [-0.3, -0.25) is 20.4 Å². The molecule has 5 aromatic rings. The number of hydrazine groups is 1. The van der Waals surface area contributed by atoms with Crippen LogP contribution in [0.25, 0.3) is 0 Å². The highest BCUT2D eigenvalue weighted by Gasteiger charge is 2.23. The van der Waals surface area contributed by atoms with Crippen LogP contribution in [-0.2, 0) is 31.0 Å². The van der Waals surface area contributed by atoms with Crippen molar-refractivity contribution in [3.05, 3.63) is 155 Å². The lowest BCUT2D eigenvalue weighted by molar-refractivity contribution is -0.121. The number of hydrogen-bond donors (Lipinski definition) is 3. The van der Waals surface area contributed by atoms with Crippen LogP contribution in [0.2, 0.25) is 0 Å². The summed E-state index contributed by atoms with van der Waals surface area (Å²) in [6, 6.07) is 38.5. The first-order valence-corrected chi connectivity index (χ1v) is 14.1. The van der Waals surface area contributed by atoms with Crippen molar-refractivity contribution < 1.29 is 28.9 Å². The van der Waals surface area contributed by atoms with Gasteiger partial charge >= 0.3 is 0 Å². The molecule has 5 aromatic carbocycles. The zero-order valence-corrected chi connectivity index (χ0v) is 23.9. The molecular formula is C36H32N2O6. The molecule has 0 saturated carbocycles. The lowest BCUT2D eigenvalue weighted by Crippen LogP contribution is -2.42. The monoisotopic (exact) mass is 588 g/mol. The number of nitrogens with one attached hydrogen (secondary N) is 2. The summed E-state index contributed by atoms with van der Waals surface area (Å²) < 4.78 is 18.5. The molecule has 2 amide bonds. The molecule has 0 bridgehead atoms. The lowest BCUT2D eigenvalue weighted by atomic mass is 10.1. The van der Waals surface area contributed by atoms with Gasteiger partial charge in [0.05, 0.1) is 6.42 Å². The van der Waals surface area contributed by atoms with Crippen LogP contribution in [0.15, 0.2) is 127 Å². The Kier molecular flexibility index (Phi) is 10.1. The number of ether oxygens (including phenoxy) is 3. The number of amides is 2. The molecule has 222 valence electrons. The second kappa shape index (κ2) is 14.9. The molecule has 0 fully saturated rings. The minimum absolute atomic E-state index is 0.0460. The van der Waals surface area contributed by atoms with E-state index in [0.29, 0.717) is 17.9 Å². The van der Waals surface area contributed by atoms with Gasteiger partial charge in [-0.05, 0) is 34.4 Å². The molecule has 5 rings (SSSR count). The van der Waals surface area contributed by atoms with E-state index in [1.165, 1.54) is 12.1 Å². The first-order chi connectivity index (χ1) is 21.5. The summed E-state index contributed by atoms with van der Waals surface area (Å²) >= 11 is 0. The van der Waals surface area contributed by atoms with Crippen molar-refractivity contribution in [2.24, 2.45) is 0 Å². The summed E-state index contributed by atoms with van der Waals surface area (Å²) in [6.45, 7) is 0.671. The van der Waals surface area contributed by atoms with Crippen molar-refractivity contribution in [3.63, 3.8) is 0 Å². The number of rotatable bonds is 12. The minimum Gasteiger partial charge on any atom is -0.508 e. The molecule has 0 aliphatic heterocycles. The molecule has 8 nitrogen and oxygen atoms in total. The molecular weight excluding hydrogens is 556 g/mol. The molecule has 0 saturated heterocycles. The number of carbonyl (C=O) groups is 2. The second-order valence-electron chi connectivity index (χ2n) is 9.97. The van der Waals surface area contributed by atoms with Gasteiger partial charge in [0.1, 0.15) is 48.4 Å². The lowest BCUT2D eigenvalue weighted by Gasteiger charge is -2.19. The van der Waals surface area contributed by atoms with Crippen molar-refractivity contribution in [3.8, 4) is 23.0 Å². The van der Waals surface area contributed by atoms with Gasteiger partial charge in [0.15, 0.2) is 0 Å². The van der Waals surface area contributed by atoms with Crippen molar-refractivity contribution in [2.75, 3.05) is 0 Å². The Morgan fingerprint density at radius 2 is 1.02 bits per heavy atom. The predicted molar refractivity (Wildman–Crippen MR) is 166 cm³/mol. The van der Waals surface area contributed by atoms with E-state index >= 15 is 0 Å². The molecule has 0 spiro atoms. The van der Waals surface area contributed by atoms with E-state index in [1.807, 2.05) is 91.0 Å². The summed E-state index contributed by atoms with van der Waals surface area (Å²) in [5.41, 5.74) is 8.41. The van der Waals surface area contributed by atoms with Crippen molar-refractivity contribution in [1.82, 2.24) is 10.9 Å². The largest absolute Gasteiger partial charge is 0.508 e. The normalized spacial score (nSPS) is 10.5. The maximum Gasteiger partial charge on any atom is 0.277 e. The molecule has 8 heteroatoms. The quantitative estimate of drug-likeness (QED) is 0.151. The number of phenols is 1. The van der Waals surface area contributed by atoms with Crippen LogP contribution in [0, 0.1) is 0 Å². The Bertz CT molecular complexity index is 1610. The van der Waals surface area contributed by atoms with Gasteiger partial charge < -0.3 is 19.3 Å². The summed E-state index contributed by atoms with van der Waals surface area (Å²) in [6.07, 6.45) is -0.0460. The van der Waals surface area contributed by atoms with E-state index < -0.39 is 11.8 Å². The molecule has 0 unspecified atom stereocenters. The molecule has 0 aliphatic carbocycles. The molecule has 3 N–H and O–H groups in total. The number of benzene rings is 5. The van der Waals surface area contributed by atoms with Crippen LogP contribution in [-0.4, -0.2) is 16.9 Å². The standard InChI is InChI=1S/C36H32N2O6/c39-30-18-10-17-29(19-30)20-34(40)37-38-36(41)35-32(43-24-27-13-6-2-7-14-27)21-31(42-23-26-11-4-1-5-12-26)22-33(35)44-25-28-15-8-3-9-16-28/h1-19,21-22,39H,20,23-25H2,(H,37,40)(H,38,41). The van der Waals surface area contributed by atoms with Gasteiger partial charge in [-0.2, -0.15) is 0 Å². The van der Waals surface area contributed by atoms with Crippen LogP contribution in [0.4, 0.5) is 0 Å². The fourth-order valence-electron chi connectivity index (χ4n) is 4.40. The zero-order chi connectivity index (χ0) is 30.6. The highest BCUT2D eigenvalue weighted by molar-refractivity contribution is 6.01. The van der Waals surface area contributed by atoms with Crippen LogP contribution >= 0.6 is 0 Å². The minimum atomic E-state index is -0.630.